The first-order valence-corrected chi connectivity index (χ1v) is 6.39. The van der Waals surface area contributed by atoms with E-state index in [2.05, 4.69) is 20.8 Å². The number of hydrogen-bond donors (Lipinski definition) is 3. The second-order valence-electron chi connectivity index (χ2n) is 4.50. The number of hydrogen-bond acceptors (Lipinski definition) is 4. The number of nitrogens with zero attached hydrogens (tertiary/aromatic N) is 2. The average Bonchev–Trinajstić information content (AvgIpc) is 2.91. The van der Waals surface area contributed by atoms with Crippen LogP contribution < -0.4 is 10.6 Å². The minimum absolute atomic E-state index is 0.0377. The predicted molar refractivity (Wildman–Crippen MR) is 81.8 cm³/mol. The number of non-ortho nitro benzene ring substituents is 1. The van der Waals surface area contributed by atoms with Gasteiger partial charge in [0.15, 0.2) is 5.82 Å². The highest BCUT2D eigenvalue weighted by Crippen LogP contribution is 2.20. The van der Waals surface area contributed by atoms with Crippen LogP contribution in [-0.4, -0.2) is 21.2 Å². The van der Waals surface area contributed by atoms with Crippen molar-refractivity contribution in [2.45, 2.75) is 0 Å². The summed E-state index contributed by atoms with van der Waals surface area (Å²) in [6, 6.07) is 12.5. The van der Waals surface area contributed by atoms with Crippen molar-refractivity contribution in [3.05, 3.63) is 58.6 Å². The number of nitro benzene ring substituents is 1. The van der Waals surface area contributed by atoms with Crippen molar-refractivity contribution in [1.82, 2.24) is 10.2 Å². The van der Waals surface area contributed by atoms with Gasteiger partial charge in [0.2, 0.25) is 0 Å². The van der Waals surface area contributed by atoms with Crippen LogP contribution >= 0.6 is 0 Å². The molecule has 3 aromatic rings. The van der Waals surface area contributed by atoms with E-state index >= 15 is 0 Å². The van der Waals surface area contributed by atoms with Crippen LogP contribution in [0.2, 0.25) is 0 Å². The third-order valence-corrected chi connectivity index (χ3v) is 3.04. The molecule has 3 N–H and O–H groups in total. The average molecular weight is 297 g/mol. The SMILES string of the molecule is O=C(Nc1ccc([N+](=O)[O-])cc1)Nc1n[nH]c2ccccc12. The number of aromatic amines is 1. The van der Waals surface area contributed by atoms with E-state index in [9.17, 15) is 14.9 Å². The fraction of sp³-hybridized carbons (Fsp3) is 0. The summed E-state index contributed by atoms with van der Waals surface area (Å²) >= 11 is 0. The van der Waals surface area contributed by atoms with Gasteiger partial charge in [0.05, 0.1) is 10.4 Å². The molecular weight excluding hydrogens is 286 g/mol. The quantitative estimate of drug-likeness (QED) is 0.509. The molecule has 0 aliphatic rings. The second-order valence-corrected chi connectivity index (χ2v) is 4.50. The summed E-state index contributed by atoms with van der Waals surface area (Å²) in [6.45, 7) is 0. The Kier molecular flexibility index (Phi) is 3.40. The number of carbonyl (C=O) groups is 1. The molecule has 22 heavy (non-hydrogen) atoms. The van der Waals surface area contributed by atoms with Gasteiger partial charge in [-0.2, -0.15) is 5.10 Å². The van der Waals surface area contributed by atoms with E-state index in [0.717, 1.165) is 10.9 Å². The fourth-order valence-electron chi connectivity index (χ4n) is 2.00. The molecule has 0 aliphatic carbocycles. The molecule has 0 radical (unpaired) electrons. The fourth-order valence-corrected chi connectivity index (χ4v) is 2.00. The minimum Gasteiger partial charge on any atom is -0.308 e. The van der Waals surface area contributed by atoms with Gasteiger partial charge in [-0.25, -0.2) is 4.79 Å². The molecule has 1 heterocycles. The lowest BCUT2D eigenvalue weighted by Gasteiger charge is -2.05. The maximum atomic E-state index is 11.9. The highest BCUT2D eigenvalue weighted by Gasteiger charge is 2.10. The highest BCUT2D eigenvalue weighted by molar-refractivity contribution is 6.04. The van der Waals surface area contributed by atoms with Gasteiger partial charge in [-0.1, -0.05) is 12.1 Å². The molecule has 3 rings (SSSR count). The van der Waals surface area contributed by atoms with Gasteiger partial charge in [0, 0.05) is 23.2 Å². The van der Waals surface area contributed by atoms with Crippen LogP contribution in [0.1, 0.15) is 0 Å². The molecule has 0 atom stereocenters. The van der Waals surface area contributed by atoms with Gasteiger partial charge in [-0.3, -0.25) is 20.5 Å². The Balaban J connectivity index is 1.71. The summed E-state index contributed by atoms with van der Waals surface area (Å²) in [5.74, 6) is 0.412. The summed E-state index contributed by atoms with van der Waals surface area (Å²) in [6.07, 6.45) is 0. The van der Waals surface area contributed by atoms with E-state index in [1.54, 1.807) is 0 Å². The molecule has 2 aromatic carbocycles. The molecule has 0 fully saturated rings. The van der Waals surface area contributed by atoms with Crippen molar-refractivity contribution < 1.29 is 9.72 Å². The molecule has 0 saturated heterocycles. The Bertz CT molecular complexity index is 841. The second kappa shape index (κ2) is 5.52. The van der Waals surface area contributed by atoms with Crippen LogP contribution in [-0.2, 0) is 0 Å². The van der Waals surface area contributed by atoms with Gasteiger partial charge in [-0.15, -0.1) is 0 Å². The number of anilines is 2. The number of para-hydroxylation sites is 1. The first-order valence-electron chi connectivity index (χ1n) is 6.39. The third-order valence-electron chi connectivity index (χ3n) is 3.04. The summed E-state index contributed by atoms with van der Waals surface area (Å²) < 4.78 is 0. The van der Waals surface area contributed by atoms with Crippen molar-refractivity contribution >= 4 is 34.1 Å². The van der Waals surface area contributed by atoms with Crippen LogP contribution in [0.15, 0.2) is 48.5 Å². The molecule has 2 amide bonds. The van der Waals surface area contributed by atoms with Crippen molar-refractivity contribution in [3.8, 4) is 0 Å². The third kappa shape index (κ3) is 2.70. The molecule has 0 unspecified atom stereocenters. The van der Waals surface area contributed by atoms with Crippen molar-refractivity contribution in [1.29, 1.82) is 0 Å². The number of benzene rings is 2. The van der Waals surface area contributed by atoms with E-state index in [1.165, 1.54) is 24.3 Å². The lowest BCUT2D eigenvalue weighted by molar-refractivity contribution is -0.384. The lowest BCUT2D eigenvalue weighted by Crippen LogP contribution is -2.19. The summed E-state index contributed by atoms with van der Waals surface area (Å²) in [4.78, 5) is 22.0. The molecule has 110 valence electrons. The van der Waals surface area contributed by atoms with E-state index < -0.39 is 11.0 Å². The lowest BCUT2D eigenvalue weighted by atomic mass is 10.2. The zero-order valence-corrected chi connectivity index (χ0v) is 11.2. The molecule has 8 nitrogen and oxygen atoms in total. The van der Waals surface area contributed by atoms with E-state index in [1.807, 2.05) is 24.3 Å². The van der Waals surface area contributed by atoms with Gasteiger partial charge in [0.25, 0.3) is 5.69 Å². The van der Waals surface area contributed by atoms with Crippen LogP contribution in [0.3, 0.4) is 0 Å². The maximum absolute atomic E-state index is 11.9. The number of amides is 2. The Labute approximate surface area is 124 Å². The van der Waals surface area contributed by atoms with E-state index in [4.69, 9.17) is 0 Å². The zero-order chi connectivity index (χ0) is 15.5. The van der Waals surface area contributed by atoms with Crippen molar-refractivity contribution in [2.24, 2.45) is 0 Å². The van der Waals surface area contributed by atoms with Crippen molar-refractivity contribution in [3.63, 3.8) is 0 Å². The van der Waals surface area contributed by atoms with Crippen LogP contribution in [0, 0.1) is 10.1 Å². The Morgan fingerprint density at radius 1 is 1.09 bits per heavy atom. The van der Waals surface area contributed by atoms with Crippen molar-refractivity contribution in [2.75, 3.05) is 10.6 Å². The first kappa shape index (κ1) is 13.6. The molecule has 8 heteroatoms. The van der Waals surface area contributed by atoms with Crippen LogP contribution in [0.4, 0.5) is 22.0 Å². The highest BCUT2D eigenvalue weighted by atomic mass is 16.6. The number of fused-ring (bicyclic) bond motifs is 1. The Hall–Kier alpha value is -3.42. The topological polar surface area (TPSA) is 113 Å². The number of nitrogens with one attached hydrogen (secondary N) is 3. The Morgan fingerprint density at radius 3 is 2.55 bits per heavy atom. The standard InChI is InChI=1S/C14H11N5O3/c20-14(15-9-5-7-10(8-6-9)19(21)22)16-13-11-3-1-2-4-12(11)17-18-13/h1-8H,(H3,15,16,17,18,20). The molecule has 0 saturated carbocycles. The normalized spacial score (nSPS) is 10.4. The number of aromatic nitrogens is 2. The smallest absolute Gasteiger partial charge is 0.308 e. The molecule has 0 bridgehead atoms. The summed E-state index contributed by atoms with van der Waals surface area (Å²) in [7, 11) is 0. The monoisotopic (exact) mass is 297 g/mol. The predicted octanol–water partition coefficient (Wildman–Crippen LogP) is 3.12. The number of H-pyrrole nitrogens is 1. The summed E-state index contributed by atoms with van der Waals surface area (Å²) in [5, 5.41) is 23.4. The number of rotatable bonds is 3. The Morgan fingerprint density at radius 2 is 1.82 bits per heavy atom. The van der Waals surface area contributed by atoms with E-state index in [-0.39, 0.29) is 5.69 Å². The van der Waals surface area contributed by atoms with Gasteiger partial charge < -0.3 is 5.32 Å². The molecule has 0 aliphatic heterocycles. The number of urea groups is 1. The largest absolute Gasteiger partial charge is 0.324 e. The first-order chi connectivity index (χ1) is 10.6. The number of carbonyl (C=O) groups excluding carboxylic acids is 1. The maximum Gasteiger partial charge on any atom is 0.324 e. The number of nitro groups is 1. The van der Waals surface area contributed by atoms with E-state index in [0.29, 0.717) is 11.5 Å². The van der Waals surface area contributed by atoms with Gasteiger partial charge in [0.1, 0.15) is 0 Å². The minimum atomic E-state index is -0.500. The van der Waals surface area contributed by atoms with Crippen LogP contribution in [0.25, 0.3) is 10.9 Å². The molecule has 0 spiro atoms. The molecule has 1 aromatic heterocycles. The van der Waals surface area contributed by atoms with Gasteiger partial charge in [-0.05, 0) is 24.3 Å². The van der Waals surface area contributed by atoms with Crippen LogP contribution in [0.5, 0.6) is 0 Å². The molecular formula is C14H11N5O3. The van der Waals surface area contributed by atoms with Gasteiger partial charge >= 0.3 is 6.03 Å². The zero-order valence-electron chi connectivity index (χ0n) is 11.2. The summed E-state index contributed by atoms with van der Waals surface area (Å²) in [5.41, 5.74) is 1.22.